The van der Waals surface area contributed by atoms with Gasteiger partial charge in [-0.15, -0.1) is 22.9 Å². The quantitative estimate of drug-likeness (QED) is 0.683. The molecular formula is C12H16Br2ClNOS. The summed E-state index contributed by atoms with van der Waals surface area (Å²) in [6.07, 6.45) is 0.864. The average molecular weight is 418 g/mol. The van der Waals surface area contributed by atoms with Gasteiger partial charge in [0.05, 0.1) is 18.5 Å². The lowest BCUT2D eigenvalue weighted by atomic mass is 9.90. The molecule has 1 amide bonds. The van der Waals surface area contributed by atoms with E-state index in [1.165, 1.54) is 11.3 Å². The van der Waals surface area contributed by atoms with E-state index >= 15 is 0 Å². The third-order valence-corrected chi connectivity index (χ3v) is 4.87. The molecule has 1 aromatic rings. The van der Waals surface area contributed by atoms with Crippen LogP contribution in [0.4, 0.5) is 0 Å². The van der Waals surface area contributed by atoms with Crippen LogP contribution in [0.15, 0.2) is 13.6 Å². The van der Waals surface area contributed by atoms with E-state index in [0.29, 0.717) is 12.1 Å². The Morgan fingerprint density at radius 1 is 1.50 bits per heavy atom. The van der Waals surface area contributed by atoms with Crippen molar-refractivity contribution in [3.8, 4) is 0 Å². The van der Waals surface area contributed by atoms with Crippen LogP contribution in [0, 0.1) is 5.41 Å². The van der Waals surface area contributed by atoms with Crippen molar-refractivity contribution in [1.82, 2.24) is 5.32 Å². The monoisotopic (exact) mass is 415 g/mol. The number of nitrogens with one attached hydrogen (secondary N) is 1. The molecule has 102 valence electrons. The summed E-state index contributed by atoms with van der Waals surface area (Å²) in [5.74, 6) is -0.0941. The summed E-state index contributed by atoms with van der Waals surface area (Å²) in [4.78, 5) is 11.9. The maximum absolute atomic E-state index is 11.9. The molecule has 0 aliphatic heterocycles. The number of carbonyl (C=O) groups is 1. The van der Waals surface area contributed by atoms with Crippen molar-refractivity contribution in [2.24, 2.45) is 5.41 Å². The van der Waals surface area contributed by atoms with Crippen LogP contribution in [0.3, 0.4) is 0 Å². The van der Waals surface area contributed by atoms with Crippen molar-refractivity contribution < 1.29 is 4.79 Å². The van der Waals surface area contributed by atoms with Crippen molar-refractivity contribution in [3.63, 3.8) is 0 Å². The Bertz CT molecular complexity index is 428. The number of amides is 1. The molecule has 0 bridgehead atoms. The van der Waals surface area contributed by atoms with Crippen molar-refractivity contribution in [3.05, 3.63) is 19.2 Å². The van der Waals surface area contributed by atoms with Crippen LogP contribution in [-0.4, -0.2) is 17.8 Å². The van der Waals surface area contributed by atoms with Crippen LogP contribution in [-0.2, 0) is 0 Å². The van der Waals surface area contributed by atoms with Crippen molar-refractivity contribution >= 4 is 60.7 Å². The van der Waals surface area contributed by atoms with Gasteiger partial charge in [0.25, 0.3) is 5.91 Å². The maximum atomic E-state index is 11.9. The Morgan fingerprint density at radius 2 is 2.11 bits per heavy atom. The third kappa shape index (κ3) is 5.59. The molecule has 18 heavy (non-hydrogen) atoms. The summed E-state index contributed by atoms with van der Waals surface area (Å²) in [6, 6.07) is 1.80. The number of hydrogen-bond donors (Lipinski definition) is 1. The molecular weight excluding hydrogens is 401 g/mol. The molecule has 0 aliphatic rings. The van der Waals surface area contributed by atoms with E-state index in [4.69, 9.17) is 11.6 Å². The summed E-state index contributed by atoms with van der Waals surface area (Å²) in [5, 5.41) is 2.81. The number of rotatable bonds is 4. The highest BCUT2D eigenvalue weighted by molar-refractivity contribution is 9.12. The number of hydrogen-bond acceptors (Lipinski definition) is 2. The summed E-state index contributed by atoms with van der Waals surface area (Å²) in [7, 11) is 0. The fraction of sp³-hybridized carbons (Fsp3) is 0.583. The highest BCUT2D eigenvalue weighted by Gasteiger charge is 2.19. The topological polar surface area (TPSA) is 29.1 Å². The molecule has 1 heterocycles. The Labute approximate surface area is 134 Å². The van der Waals surface area contributed by atoms with Gasteiger partial charge in [-0.05, 0) is 49.8 Å². The zero-order valence-electron chi connectivity index (χ0n) is 10.5. The number of thiophene rings is 1. The minimum absolute atomic E-state index is 0.0465. The van der Waals surface area contributed by atoms with Gasteiger partial charge >= 0.3 is 0 Å². The van der Waals surface area contributed by atoms with Crippen LogP contribution in [0.5, 0.6) is 0 Å². The lowest BCUT2D eigenvalue weighted by molar-refractivity contribution is 0.0951. The molecule has 1 atom stereocenters. The molecule has 1 aromatic heterocycles. The Hall–Kier alpha value is 0.420. The van der Waals surface area contributed by atoms with Gasteiger partial charge in [-0.1, -0.05) is 20.8 Å². The van der Waals surface area contributed by atoms with E-state index in [2.05, 4.69) is 57.9 Å². The van der Waals surface area contributed by atoms with Gasteiger partial charge in [0.1, 0.15) is 0 Å². The van der Waals surface area contributed by atoms with Crippen molar-refractivity contribution in [2.75, 3.05) is 6.54 Å². The van der Waals surface area contributed by atoms with Gasteiger partial charge in [-0.2, -0.15) is 0 Å². The standard InChI is InChI=1S/C12H16Br2ClNOS/c1-12(2,3)5-7(15)6-16-11(17)8-4-9(13)18-10(8)14/h4,7H,5-6H2,1-3H3,(H,16,17). The molecule has 0 aliphatic carbocycles. The molecule has 1 unspecified atom stereocenters. The number of halogens is 3. The summed E-state index contributed by atoms with van der Waals surface area (Å²) in [6.45, 7) is 6.89. The number of alkyl halides is 1. The van der Waals surface area contributed by atoms with Gasteiger partial charge in [-0.25, -0.2) is 0 Å². The first kappa shape index (κ1) is 16.5. The first-order chi connectivity index (χ1) is 8.19. The molecule has 0 spiro atoms. The van der Waals surface area contributed by atoms with Crippen molar-refractivity contribution in [2.45, 2.75) is 32.6 Å². The molecule has 0 aromatic carbocycles. The van der Waals surface area contributed by atoms with Crippen LogP contribution < -0.4 is 5.32 Å². The van der Waals surface area contributed by atoms with E-state index < -0.39 is 0 Å². The van der Waals surface area contributed by atoms with E-state index in [9.17, 15) is 4.79 Å². The summed E-state index contributed by atoms with van der Waals surface area (Å²) >= 11 is 14.4. The second kappa shape index (κ2) is 6.73. The molecule has 1 rings (SSSR count). The minimum atomic E-state index is -0.0941. The SMILES string of the molecule is CC(C)(C)CC(Cl)CNC(=O)c1cc(Br)sc1Br. The first-order valence-electron chi connectivity index (χ1n) is 5.56. The lowest BCUT2D eigenvalue weighted by Gasteiger charge is -2.21. The van der Waals surface area contributed by atoms with E-state index in [0.717, 1.165) is 14.0 Å². The normalized spacial score (nSPS) is 13.4. The molecule has 0 saturated carbocycles. The molecule has 2 nitrogen and oxygen atoms in total. The van der Waals surface area contributed by atoms with Gasteiger partial charge in [0, 0.05) is 6.54 Å². The van der Waals surface area contributed by atoms with Gasteiger partial charge < -0.3 is 5.32 Å². The smallest absolute Gasteiger partial charge is 0.253 e. The van der Waals surface area contributed by atoms with Crippen LogP contribution in [0.2, 0.25) is 0 Å². The zero-order valence-corrected chi connectivity index (χ0v) is 15.3. The first-order valence-corrected chi connectivity index (χ1v) is 8.40. The van der Waals surface area contributed by atoms with E-state index in [1.807, 2.05) is 0 Å². The fourth-order valence-corrected chi connectivity index (χ4v) is 4.86. The van der Waals surface area contributed by atoms with Gasteiger partial charge in [0.2, 0.25) is 0 Å². The Kier molecular flexibility index (Phi) is 6.16. The predicted molar refractivity (Wildman–Crippen MR) is 85.8 cm³/mol. The molecule has 1 N–H and O–H groups in total. The second-order valence-corrected chi connectivity index (χ2v) is 9.68. The predicted octanol–water partition coefficient (Wildman–Crippen LogP) is 5.05. The third-order valence-electron chi connectivity index (χ3n) is 2.22. The Balaban J connectivity index is 2.49. The maximum Gasteiger partial charge on any atom is 0.253 e. The highest BCUT2D eigenvalue weighted by Crippen LogP contribution is 2.31. The fourth-order valence-electron chi connectivity index (χ4n) is 1.53. The van der Waals surface area contributed by atoms with Crippen LogP contribution in [0.25, 0.3) is 0 Å². The Morgan fingerprint density at radius 3 is 2.56 bits per heavy atom. The van der Waals surface area contributed by atoms with Crippen LogP contribution in [0.1, 0.15) is 37.6 Å². The van der Waals surface area contributed by atoms with Crippen molar-refractivity contribution in [1.29, 1.82) is 0 Å². The van der Waals surface area contributed by atoms with E-state index in [1.54, 1.807) is 6.07 Å². The average Bonchev–Trinajstić information content (AvgIpc) is 2.52. The molecule has 0 radical (unpaired) electrons. The van der Waals surface area contributed by atoms with E-state index in [-0.39, 0.29) is 16.7 Å². The largest absolute Gasteiger partial charge is 0.350 e. The van der Waals surface area contributed by atoms with Crippen LogP contribution >= 0.6 is 54.8 Å². The zero-order chi connectivity index (χ0) is 13.9. The second-order valence-electron chi connectivity index (χ2n) is 5.31. The molecule has 6 heteroatoms. The minimum Gasteiger partial charge on any atom is -0.350 e. The number of carbonyl (C=O) groups excluding carboxylic acids is 1. The molecule has 0 saturated heterocycles. The summed E-state index contributed by atoms with van der Waals surface area (Å²) < 4.78 is 1.76. The molecule has 0 fully saturated rings. The lowest BCUT2D eigenvalue weighted by Crippen LogP contribution is -2.31. The summed E-state index contributed by atoms with van der Waals surface area (Å²) in [5.41, 5.74) is 0.815. The van der Waals surface area contributed by atoms with Gasteiger partial charge in [0.15, 0.2) is 0 Å². The highest BCUT2D eigenvalue weighted by atomic mass is 79.9. The van der Waals surface area contributed by atoms with Gasteiger partial charge in [-0.3, -0.25) is 4.79 Å².